The Morgan fingerprint density at radius 3 is 1.69 bits per heavy atom. The quantitative estimate of drug-likeness (QED) is 0.0760. The highest BCUT2D eigenvalue weighted by Crippen LogP contribution is 2.38. The van der Waals surface area contributed by atoms with E-state index in [9.17, 15) is 9.90 Å². The minimum atomic E-state index is -2.97. The Kier molecular flexibility index (Phi) is 16.9. The summed E-state index contributed by atoms with van der Waals surface area (Å²) in [5, 5.41) is 13.8. The Morgan fingerprint density at radius 1 is 0.746 bits per heavy atom. The lowest BCUT2D eigenvalue weighted by molar-refractivity contribution is -0.195. The summed E-state index contributed by atoms with van der Waals surface area (Å²) in [7, 11) is 1.86. The molecule has 59 heavy (non-hydrogen) atoms. The minimum Gasteiger partial charge on any atom is -0.497 e. The normalized spacial score (nSPS) is 17.5. The van der Waals surface area contributed by atoms with Gasteiger partial charge in [-0.05, 0) is 63.6 Å². The van der Waals surface area contributed by atoms with Crippen molar-refractivity contribution < 1.29 is 47.5 Å². The molecule has 0 unspecified atom stereocenters. The number of aliphatic hydroxyl groups is 1. The summed E-state index contributed by atoms with van der Waals surface area (Å²) in [4.78, 5) is 14.1. The smallest absolute Gasteiger partial charge is 0.261 e. The van der Waals surface area contributed by atoms with Crippen LogP contribution >= 0.6 is 0 Å². The Hall–Kier alpha value is -3.91. The molecular weight excluding hydrogens is 765 g/mol. The van der Waals surface area contributed by atoms with Crippen LogP contribution in [-0.4, -0.2) is 90.1 Å². The average Bonchev–Trinajstić information content (AvgIpc) is 3.69. The summed E-state index contributed by atoms with van der Waals surface area (Å²) < 4.78 is 49.7. The van der Waals surface area contributed by atoms with E-state index in [0.29, 0.717) is 12.8 Å². The van der Waals surface area contributed by atoms with Gasteiger partial charge < -0.3 is 42.7 Å². The average molecular weight is 829 g/mol. The maximum Gasteiger partial charge on any atom is 0.261 e. The third kappa shape index (κ3) is 11.7. The van der Waals surface area contributed by atoms with E-state index in [-0.39, 0.29) is 50.1 Å². The summed E-state index contributed by atoms with van der Waals surface area (Å²) >= 11 is 0. The van der Waals surface area contributed by atoms with Gasteiger partial charge in [0, 0.05) is 20.0 Å². The van der Waals surface area contributed by atoms with E-state index < -0.39 is 44.6 Å². The third-order valence-corrected chi connectivity index (χ3v) is 16.4. The molecule has 0 spiro atoms. The number of benzene rings is 4. The number of hydrogen-bond donors (Lipinski definition) is 1. The third-order valence-electron chi connectivity index (χ3n) is 11.4. The lowest BCUT2D eigenvalue weighted by atomic mass is 9.98. The number of ether oxygens (including phenoxy) is 7. The molecule has 1 N–H and O–H groups in total. The van der Waals surface area contributed by atoms with Gasteiger partial charge in [0.15, 0.2) is 5.79 Å². The first-order valence-corrected chi connectivity index (χ1v) is 22.6. The largest absolute Gasteiger partial charge is 0.497 e. The Labute approximate surface area is 352 Å². The van der Waals surface area contributed by atoms with Crippen molar-refractivity contribution in [2.24, 2.45) is 0 Å². The van der Waals surface area contributed by atoms with Gasteiger partial charge >= 0.3 is 0 Å². The van der Waals surface area contributed by atoms with Crippen molar-refractivity contribution in [3.05, 3.63) is 120 Å². The summed E-state index contributed by atoms with van der Waals surface area (Å²) in [5.41, 5.74) is 1.83. The van der Waals surface area contributed by atoms with E-state index in [4.69, 9.17) is 37.6 Å². The molecule has 1 fully saturated rings. The molecule has 0 radical (unpaired) electrons. The Balaban J connectivity index is 1.39. The van der Waals surface area contributed by atoms with E-state index in [1.165, 1.54) is 0 Å². The van der Waals surface area contributed by atoms with Crippen LogP contribution in [0.4, 0.5) is 0 Å². The summed E-state index contributed by atoms with van der Waals surface area (Å²) in [6.07, 6.45) is -2.84. The fraction of sp³-hybridized carbons (Fsp3) is 0.479. The van der Waals surface area contributed by atoms with Crippen LogP contribution < -0.4 is 19.8 Å². The number of hydrogen-bond acceptors (Lipinski definition) is 10. The van der Waals surface area contributed by atoms with Crippen LogP contribution in [0.1, 0.15) is 71.4 Å². The van der Waals surface area contributed by atoms with Crippen LogP contribution in [0.25, 0.3) is 0 Å². The molecule has 11 heteroatoms. The van der Waals surface area contributed by atoms with E-state index in [1.807, 2.05) is 74.5 Å². The molecule has 4 aromatic carbocycles. The molecular formula is C48H64O10Si. The first-order chi connectivity index (χ1) is 28.4. The number of Topliss-reactive ketones (excluding diaryl/α,β-unsaturated/α-hetero) is 1. The molecule has 10 nitrogen and oxygen atoms in total. The van der Waals surface area contributed by atoms with Crippen LogP contribution in [0, 0.1) is 0 Å². The fourth-order valence-electron chi connectivity index (χ4n) is 7.92. The lowest BCUT2D eigenvalue weighted by Gasteiger charge is -2.44. The fourth-order valence-corrected chi connectivity index (χ4v) is 12.5. The molecule has 1 aliphatic heterocycles. The first-order valence-electron chi connectivity index (χ1n) is 20.7. The second kappa shape index (κ2) is 21.6. The van der Waals surface area contributed by atoms with Crippen LogP contribution in [-0.2, 0) is 46.1 Å². The van der Waals surface area contributed by atoms with Crippen molar-refractivity contribution in [2.75, 3.05) is 34.5 Å². The maximum absolute atomic E-state index is 14.1. The lowest BCUT2D eigenvalue weighted by Crippen LogP contribution is -2.67. The second-order valence-electron chi connectivity index (χ2n) is 16.2. The topological polar surface area (TPSA) is 111 Å². The van der Waals surface area contributed by atoms with Crippen LogP contribution in [0.2, 0.25) is 5.04 Å². The number of rotatable bonds is 23. The Morgan fingerprint density at radius 2 is 1.25 bits per heavy atom. The Bertz CT molecular complexity index is 1790. The highest BCUT2D eigenvalue weighted by atomic mass is 28.4. The number of aliphatic hydroxyl groups excluding tert-OH is 1. The van der Waals surface area contributed by atoms with Crippen molar-refractivity contribution >= 4 is 24.5 Å². The molecule has 320 valence electrons. The predicted molar refractivity (Wildman–Crippen MR) is 232 cm³/mol. The van der Waals surface area contributed by atoms with Crippen molar-refractivity contribution in [2.45, 2.75) is 115 Å². The maximum atomic E-state index is 14.1. The zero-order valence-electron chi connectivity index (χ0n) is 36.1. The number of methoxy groups -OCH3 is 3. The molecule has 5 atom stereocenters. The van der Waals surface area contributed by atoms with Crippen molar-refractivity contribution in [1.82, 2.24) is 0 Å². The van der Waals surface area contributed by atoms with Gasteiger partial charge in [0.25, 0.3) is 8.32 Å². The van der Waals surface area contributed by atoms with Crippen molar-refractivity contribution in [3.8, 4) is 11.5 Å². The standard InChI is InChI=1S/C48H64O10Si/c1-9-48(10-2)56-33-45(58-48)46(55-32-36-23-27-39(52-7)28-24-36)42(50)29-37(49)30-43(53-8)44(54-31-35-21-25-38(51-6)26-22-35)34-57-59(47(3,4)5,40-17-13-11-14-18-40)41-19-15-12-16-20-41/h11-28,42-46,50H,9-10,29-34H2,1-8H3/t42-,43-,44+,45+,46+/m1/s1. The van der Waals surface area contributed by atoms with Gasteiger partial charge in [-0.1, -0.05) is 120 Å². The SMILES string of the molecule is CCC1(CC)OC[C@@H]([C@@H](OCc2ccc(OC)cc2)[C@H](O)CC(=O)C[C@@H](OC)[C@H](CO[Si](c2ccccc2)(c2ccccc2)C(C)(C)C)OCc2ccc(OC)cc2)O1. The summed E-state index contributed by atoms with van der Waals surface area (Å²) in [6, 6.07) is 36.0. The van der Waals surface area contributed by atoms with Crippen LogP contribution in [0.15, 0.2) is 109 Å². The van der Waals surface area contributed by atoms with Crippen LogP contribution in [0.5, 0.6) is 11.5 Å². The van der Waals surface area contributed by atoms with Gasteiger partial charge in [0.1, 0.15) is 35.6 Å². The molecule has 1 heterocycles. The molecule has 4 aromatic rings. The molecule has 0 aliphatic carbocycles. The minimum absolute atomic E-state index is 0.0218. The molecule has 0 aromatic heterocycles. The molecule has 0 bridgehead atoms. The zero-order valence-corrected chi connectivity index (χ0v) is 37.1. The van der Waals surface area contributed by atoms with Gasteiger partial charge in [0.2, 0.25) is 0 Å². The molecule has 1 saturated heterocycles. The number of ketones is 1. The van der Waals surface area contributed by atoms with Gasteiger partial charge in [-0.15, -0.1) is 0 Å². The van der Waals surface area contributed by atoms with E-state index >= 15 is 0 Å². The molecule has 1 aliphatic rings. The predicted octanol–water partition coefficient (Wildman–Crippen LogP) is 7.41. The van der Waals surface area contributed by atoms with Gasteiger partial charge in [0.05, 0.1) is 52.9 Å². The molecule has 0 amide bonds. The summed E-state index contributed by atoms with van der Waals surface area (Å²) in [5.74, 6) is 0.504. The highest BCUT2D eigenvalue weighted by molar-refractivity contribution is 6.99. The molecule has 5 rings (SSSR count). The van der Waals surface area contributed by atoms with E-state index in [0.717, 1.165) is 33.0 Å². The number of carbonyl (C=O) groups excluding carboxylic acids is 1. The van der Waals surface area contributed by atoms with Crippen molar-refractivity contribution in [3.63, 3.8) is 0 Å². The monoisotopic (exact) mass is 828 g/mol. The number of carbonyl (C=O) groups is 1. The first kappa shape index (κ1) is 46.2. The van der Waals surface area contributed by atoms with E-state index in [1.54, 1.807) is 21.3 Å². The van der Waals surface area contributed by atoms with Crippen molar-refractivity contribution in [1.29, 1.82) is 0 Å². The zero-order chi connectivity index (χ0) is 42.5. The molecule has 0 saturated carbocycles. The van der Waals surface area contributed by atoms with E-state index in [2.05, 4.69) is 69.3 Å². The van der Waals surface area contributed by atoms with Crippen LogP contribution in [0.3, 0.4) is 0 Å². The van der Waals surface area contributed by atoms with Gasteiger partial charge in [-0.2, -0.15) is 0 Å². The highest BCUT2D eigenvalue weighted by Gasteiger charge is 2.51. The second-order valence-corrected chi connectivity index (χ2v) is 20.5. The van der Waals surface area contributed by atoms with Gasteiger partial charge in [-0.3, -0.25) is 4.79 Å². The summed E-state index contributed by atoms with van der Waals surface area (Å²) in [6.45, 7) is 11.5. The van der Waals surface area contributed by atoms with Gasteiger partial charge in [-0.25, -0.2) is 0 Å².